The maximum atomic E-state index is 11.7. The quantitative estimate of drug-likeness (QED) is 0.933. The van der Waals surface area contributed by atoms with E-state index in [0.717, 1.165) is 12.1 Å². The van der Waals surface area contributed by atoms with Crippen molar-refractivity contribution in [2.45, 2.75) is 39.8 Å². The van der Waals surface area contributed by atoms with Gasteiger partial charge in [-0.1, -0.05) is 38.1 Å². The van der Waals surface area contributed by atoms with Gasteiger partial charge in [0.05, 0.1) is 11.7 Å². The predicted octanol–water partition coefficient (Wildman–Crippen LogP) is 3.60. The van der Waals surface area contributed by atoms with Crippen molar-refractivity contribution in [2.75, 3.05) is 5.32 Å². The molecule has 3 rings (SSSR count). The molecule has 3 nitrogen and oxygen atoms in total. The lowest BCUT2D eigenvalue weighted by molar-refractivity contribution is 0.337. The first-order chi connectivity index (χ1) is 10.0. The van der Waals surface area contributed by atoms with Gasteiger partial charge < -0.3 is 9.88 Å². The van der Waals surface area contributed by atoms with E-state index in [1.54, 1.807) is 10.6 Å². The Morgan fingerprint density at radius 2 is 2.00 bits per heavy atom. The second-order valence-corrected chi connectivity index (χ2v) is 6.48. The smallest absolute Gasteiger partial charge is 0.250 e. The third-order valence-corrected chi connectivity index (χ3v) is 4.43. The Morgan fingerprint density at radius 3 is 2.76 bits per heavy atom. The number of pyridine rings is 1. The van der Waals surface area contributed by atoms with Crippen LogP contribution in [0.15, 0.2) is 47.4 Å². The Balaban J connectivity index is 1.95. The molecular formula is C18H22N2O. The molecule has 1 aliphatic rings. The zero-order valence-corrected chi connectivity index (χ0v) is 12.9. The van der Waals surface area contributed by atoms with Crippen LogP contribution in [0.5, 0.6) is 0 Å². The van der Waals surface area contributed by atoms with Crippen LogP contribution in [-0.2, 0) is 13.0 Å². The van der Waals surface area contributed by atoms with E-state index in [-0.39, 0.29) is 17.0 Å². The largest absolute Gasteiger partial charge is 0.376 e. The predicted molar refractivity (Wildman–Crippen MR) is 86.7 cm³/mol. The third-order valence-electron chi connectivity index (χ3n) is 4.43. The van der Waals surface area contributed by atoms with E-state index >= 15 is 0 Å². The topological polar surface area (TPSA) is 34.0 Å². The third kappa shape index (κ3) is 2.48. The van der Waals surface area contributed by atoms with Crippen LogP contribution >= 0.6 is 0 Å². The number of aryl methyl sites for hydroxylation is 1. The molecule has 110 valence electrons. The summed E-state index contributed by atoms with van der Waals surface area (Å²) in [5.41, 5.74) is 4.01. The molecular weight excluding hydrogens is 260 g/mol. The van der Waals surface area contributed by atoms with Crippen molar-refractivity contribution in [3.63, 3.8) is 0 Å². The number of nitrogens with one attached hydrogen (secondary N) is 1. The van der Waals surface area contributed by atoms with Crippen molar-refractivity contribution in [1.29, 1.82) is 0 Å². The summed E-state index contributed by atoms with van der Waals surface area (Å²) in [6.07, 6.45) is 2.99. The number of hydrogen-bond donors (Lipinski definition) is 1. The first kappa shape index (κ1) is 13.9. The highest BCUT2D eigenvalue weighted by Crippen LogP contribution is 2.46. The van der Waals surface area contributed by atoms with Crippen LogP contribution in [0.4, 0.5) is 5.69 Å². The van der Waals surface area contributed by atoms with Gasteiger partial charge in [0.25, 0.3) is 5.56 Å². The van der Waals surface area contributed by atoms with Gasteiger partial charge in [0, 0.05) is 18.8 Å². The summed E-state index contributed by atoms with van der Waals surface area (Å²) in [4.78, 5) is 11.7. The SMILES string of the molecule is CCn1cc(NC2c3ccccc3CC2(C)C)ccc1=O. The van der Waals surface area contributed by atoms with Crippen LogP contribution in [0.25, 0.3) is 0 Å². The zero-order chi connectivity index (χ0) is 15.0. The van der Waals surface area contributed by atoms with Crippen molar-refractivity contribution >= 4 is 5.69 Å². The van der Waals surface area contributed by atoms with E-state index in [0.29, 0.717) is 6.54 Å². The van der Waals surface area contributed by atoms with Crippen LogP contribution in [0, 0.1) is 5.41 Å². The number of fused-ring (bicyclic) bond motifs is 1. The Bertz CT molecular complexity index is 715. The molecule has 1 aliphatic carbocycles. The Morgan fingerprint density at radius 1 is 1.24 bits per heavy atom. The van der Waals surface area contributed by atoms with E-state index in [4.69, 9.17) is 0 Å². The summed E-state index contributed by atoms with van der Waals surface area (Å²) in [7, 11) is 0. The van der Waals surface area contributed by atoms with Gasteiger partial charge in [0.2, 0.25) is 0 Å². The minimum absolute atomic E-state index is 0.0501. The molecule has 1 N–H and O–H groups in total. The molecule has 0 spiro atoms. The molecule has 1 heterocycles. The van der Waals surface area contributed by atoms with E-state index < -0.39 is 0 Å². The fourth-order valence-corrected chi connectivity index (χ4v) is 3.29. The molecule has 1 unspecified atom stereocenters. The van der Waals surface area contributed by atoms with Crippen molar-refractivity contribution in [3.8, 4) is 0 Å². The average molecular weight is 282 g/mol. The highest BCUT2D eigenvalue weighted by atomic mass is 16.1. The number of nitrogens with zero attached hydrogens (tertiary/aromatic N) is 1. The fourth-order valence-electron chi connectivity index (χ4n) is 3.29. The van der Waals surface area contributed by atoms with Crippen molar-refractivity contribution in [3.05, 3.63) is 64.1 Å². The summed E-state index contributed by atoms with van der Waals surface area (Å²) >= 11 is 0. The van der Waals surface area contributed by atoms with E-state index in [1.807, 2.05) is 19.2 Å². The molecule has 0 aliphatic heterocycles. The molecule has 0 saturated heterocycles. The fraction of sp³-hybridized carbons (Fsp3) is 0.389. The zero-order valence-electron chi connectivity index (χ0n) is 12.9. The first-order valence-corrected chi connectivity index (χ1v) is 7.56. The summed E-state index contributed by atoms with van der Waals surface area (Å²) in [6.45, 7) is 7.26. The highest BCUT2D eigenvalue weighted by Gasteiger charge is 2.38. The monoisotopic (exact) mass is 282 g/mol. The highest BCUT2D eigenvalue weighted by molar-refractivity contribution is 5.48. The van der Waals surface area contributed by atoms with E-state index in [2.05, 4.69) is 43.4 Å². The van der Waals surface area contributed by atoms with Crippen molar-refractivity contribution in [1.82, 2.24) is 4.57 Å². The summed E-state index contributed by atoms with van der Waals surface area (Å²) in [5, 5.41) is 3.63. The lowest BCUT2D eigenvalue weighted by atomic mass is 9.85. The van der Waals surface area contributed by atoms with Gasteiger partial charge in [0.1, 0.15) is 0 Å². The normalized spacial score (nSPS) is 19.3. The van der Waals surface area contributed by atoms with Crippen LogP contribution in [0.1, 0.15) is 37.9 Å². The molecule has 0 amide bonds. The molecule has 1 aromatic carbocycles. The molecule has 3 heteroatoms. The first-order valence-electron chi connectivity index (χ1n) is 7.56. The number of benzene rings is 1. The maximum Gasteiger partial charge on any atom is 0.250 e. The van der Waals surface area contributed by atoms with E-state index in [1.165, 1.54) is 11.1 Å². The number of rotatable bonds is 3. The van der Waals surface area contributed by atoms with Gasteiger partial charge in [-0.15, -0.1) is 0 Å². The Labute approximate surface area is 125 Å². The number of aromatic nitrogens is 1. The van der Waals surface area contributed by atoms with E-state index in [9.17, 15) is 4.79 Å². The minimum atomic E-state index is 0.0501. The van der Waals surface area contributed by atoms with Crippen molar-refractivity contribution in [2.24, 2.45) is 5.41 Å². The second-order valence-electron chi connectivity index (χ2n) is 6.48. The minimum Gasteiger partial charge on any atom is -0.376 e. The Kier molecular flexibility index (Phi) is 3.36. The average Bonchev–Trinajstić information content (AvgIpc) is 2.71. The van der Waals surface area contributed by atoms with Gasteiger partial charge in [-0.05, 0) is 36.0 Å². The number of hydrogen-bond acceptors (Lipinski definition) is 2. The van der Waals surface area contributed by atoms with Gasteiger partial charge in [0.15, 0.2) is 0 Å². The molecule has 2 aromatic rings. The van der Waals surface area contributed by atoms with Crippen LogP contribution < -0.4 is 10.9 Å². The molecule has 0 saturated carbocycles. The molecule has 21 heavy (non-hydrogen) atoms. The summed E-state index contributed by atoms with van der Waals surface area (Å²) in [5.74, 6) is 0. The molecule has 0 bridgehead atoms. The maximum absolute atomic E-state index is 11.7. The van der Waals surface area contributed by atoms with Crippen LogP contribution in [0.2, 0.25) is 0 Å². The lowest BCUT2D eigenvalue weighted by Gasteiger charge is -2.29. The van der Waals surface area contributed by atoms with Gasteiger partial charge in [-0.3, -0.25) is 4.79 Å². The lowest BCUT2D eigenvalue weighted by Crippen LogP contribution is -2.25. The van der Waals surface area contributed by atoms with Crippen LogP contribution in [-0.4, -0.2) is 4.57 Å². The van der Waals surface area contributed by atoms with Gasteiger partial charge in [-0.25, -0.2) is 0 Å². The molecule has 0 radical (unpaired) electrons. The van der Waals surface area contributed by atoms with Crippen LogP contribution in [0.3, 0.4) is 0 Å². The molecule has 1 atom stereocenters. The van der Waals surface area contributed by atoms with Gasteiger partial charge >= 0.3 is 0 Å². The van der Waals surface area contributed by atoms with Crippen molar-refractivity contribution < 1.29 is 0 Å². The Hall–Kier alpha value is -2.03. The summed E-state index contributed by atoms with van der Waals surface area (Å²) < 4.78 is 1.73. The molecule has 0 fully saturated rings. The standard InChI is InChI=1S/C18H22N2O/c1-4-20-12-14(9-10-16(20)21)19-17-15-8-6-5-7-13(15)11-18(17,2)3/h5-10,12,17,19H,4,11H2,1-3H3. The van der Waals surface area contributed by atoms with Gasteiger partial charge in [-0.2, -0.15) is 0 Å². The second kappa shape index (κ2) is 5.06. The number of anilines is 1. The summed E-state index contributed by atoms with van der Waals surface area (Å²) in [6, 6.07) is 12.4. The molecule has 1 aromatic heterocycles.